The number of carbonyl (C=O) groups is 3. The number of aryl methyl sites for hydroxylation is 1. The van der Waals surface area contributed by atoms with Crippen LogP contribution in [0, 0.1) is 6.92 Å². The van der Waals surface area contributed by atoms with Crippen LogP contribution in [0.25, 0.3) is 0 Å². The smallest absolute Gasteiger partial charge is 0.475 e. The molecule has 1 aromatic rings. The summed E-state index contributed by atoms with van der Waals surface area (Å²) in [6.07, 6.45) is -8.34. The minimum absolute atomic E-state index is 0.274. The molecule has 15 heteroatoms. The second kappa shape index (κ2) is 12.3. The Morgan fingerprint density at radius 1 is 0.944 bits per heavy atom. The molecule has 204 valence electrons. The third kappa shape index (κ3) is 8.93. The second-order valence-corrected chi connectivity index (χ2v) is 8.33. The molecule has 0 radical (unpaired) electrons. The average Bonchev–Trinajstić information content (AvgIpc) is 2.76. The summed E-state index contributed by atoms with van der Waals surface area (Å²) in [6, 6.07) is 6.18. The number of amides is 1. The zero-order chi connectivity index (χ0) is 27.9. The largest absolute Gasteiger partial charge is 0.490 e. The zero-order valence-electron chi connectivity index (χ0n) is 19.9. The fourth-order valence-corrected chi connectivity index (χ4v) is 3.73. The molecule has 9 nitrogen and oxygen atoms in total. The van der Waals surface area contributed by atoms with Gasteiger partial charge in [0.2, 0.25) is 5.91 Å². The lowest BCUT2D eigenvalue weighted by Gasteiger charge is -2.50. The maximum Gasteiger partial charge on any atom is 0.490 e. The standard InChI is InChI=1S/C17H26N4O.2C2HF3O2/c1-14-5-4-6-15(18-14)13-21-9-7-17(8-10-21)16(22)19(2)11-12-20(17)3;2*3-2(4,5)1(6)7/h4-6H,7-13H2,1-3H3;2*(H,6,7). The molecular weight excluding hydrogens is 502 g/mol. The van der Waals surface area contributed by atoms with Crippen LogP contribution in [0.5, 0.6) is 0 Å². The Hall–Kier alpha value is -2.94. The summed E-state index contributed by atoms with van der Waals surface area (Å²) >= 11 is 0. The Kier molecular flexibility index (Phi) is 10.7. The number of carboxylic acid groups (broad SMARTS) is 2. The number of carboxylic acids is 2. The number of pyridine rings is 1. The number of aromatic nitrogens is 1. The number of likely N-dealkylation sites (N-methyl/N-ethyl adjacent to an activating group) is 2. The van der Waals surface area contributed by atoms with E-state index in [2.05, 4.69) is 34.0 Å². The summed E-state index contributed by atoms with van der Waals surface area (Å²) < 4.78 is 63.5. The lowest BCUT2D eigenvalue weighted by molar-refractivity contribution is -0.193. The van der Waals surface area contributed by atoms with E-state index in [0.717, 1.165) is 57.0 Å². The first kappa shape index (κ1) is 31.1. The van der Waals surface area contributed by atoms with Crippen LogP contribution >= 0.6 is 0 Å². The van der Waals surface area contributed by atoms with Crippen LogP contribution in [-0.4, -0.2) is 106 Å². The fraction of sp³-hybridized carbons (Fsp3) is 0.619. The monoisotopic (exact) mass is 530 g/mol. The molecule has 3 heterocycles. The third-order valence-corrected chi connectivity index (χ3v) is 5.75. The van der Waals surface area contributed by atoms with Crippen LogP contribution in [0.1, 0.15) is 24.2 Å². The van der Waals surface area contributed by atoms with E-state index >= 15 is 0 Å². The lowest BCUT2D eigenvalue weighted by Crippen LogP contribution is -2.66. The highest BCUT2D eigenvalue weighted by Crippen LogP contribution is 2.32. The van der Waals surface area contributed by atoms with Crippen LogP contribution in [0.4, 0.5) is 26.3 Å². The molecular formula is C21H28F6N4O5. The summed E-state index contributed by atoms with van der Waals surface area (Å²) in [6.45, 7) is 6.64. The average molecular weight is 530 g/mol. The quantitative estimate of drug-likeness (QED) is 0.561. The predicted molar refractivity (Wildman–Crippen MR) is 114 cm³/mol. The first-order valence-electron chi connectivity index (χ1n) is 10.6. The van der Waals surface area contributed by atoms with Crippen LogP contribution in [0.2, 0.25) is 0 Å². The van der Waals surface area contributed by atoms with Crippen molar-refractivity contribution >= 4 is 17.8 Å². The van der Waals surface area contributed by atoms with Crippen LogP contribution < -0.4 is 0 Å². The molecule has 0 aliphatic carbocycles. The zero-order valence-corrected chi connectivity index (χ0v) is 19.9. The summed E-state index contributed by atoms with van der Waals surface area (Å²) in [4.78, 5) is 41.6. The predicted octanol–water partition coefficient (Wildman–Crippen LogP) is 2.40. The van der Waals surface area contributed by atoms with Gasteiger partial charge < -0.3 is 15.1 Å². The number of carbonyl (C=O) groups excluding carboxylic acids is 1. The van der Waals surface area contributed by atoms with Crippen molar-refractivity contribution in [2.45, 2.75) is 44.2 Å². The number of aliphatic carboxylic acids is 2. The van der Waals surface area contributed by atoms with Crippen molar-refractivity contribution in [2.24, 2.45) is 0 Å². The number of piperazine rings is 1. The molecule has 1 spiro atoms. The number of hydrogen-bond donors (Lipinski definition) is 2. The van der Waals surface area contributed by atoms with Crippen molar-refractivity contribution in [3.63, 3.8) is 0 Å². The number of likely N-dealkylation sites (tertiary alicyclic amines) is 1. The molecule has 2 fully saturated rings. The van der Waals surface area contributed by atoms with E-state index in [4.69, 9.17) is 19.8 Å². The first-order chi connectivity index (χ1) is 16.4. The van der Waals surface area contributed by atoms with Gasteiger partial charge in [-0.05, 0) is 38.9 Å². The third-order valence-electron chi connectivity index (χ3n) is 5.75. The van der Waals surface area contributed by atoms with Crippen LogP contribution in [-0.2, 0) is 20.9 Å². The molecule has 2 saturated heterocycles. The topological polar surface area (TPSA) is 114 Å². The van der Waals surface area contributed by atoms with Crippen molar-refractivity contribution in [2.75, 3.05) is 40.3 Å². The highest BCUT2D eigenvalue weighted by Gasteiger charge is 2.48. The van der Waals surface area contributed by atoms with Gasteiger partial charge in [0.1, 0.15) is 5.54 Å². The van der Waals surface area contributed by atoms with Crippen LogP contribution in [0.15, 0.2) is 18.2 Å². The van der Waals surface area contributed by atoms with Gasteiger partial charge in [0.05, 0.1) is 5.69 Å². The molecule has 0 atom stereocenters. The number of piperidine rings is 1. The fourth-order valence-electron chi connectivity index (χ4n) is 3.73. The van der Waals surface area contributed by atoms with Gasteiger partial charge in [-0.25, -0.2) is 9.59 Å². The molecule has 1 aromatic heterocycles. The van der Waals surface area contributed by atoms with Gasteiger partial charge in [0.25, 0.3) is 0 Å². The molecule has 0 unspecified atom stereocenters. The van der Waals surface area contributed by atoms with E-state index in [9.17, 15) is 31.1 Å². The van der Waals surface area contributed by atoms with E-state index in [1.54, 1.807) is 0 Å². The van der Waals surface area contributed by atoms with Gasteiger partial charge in [-0.1, -0.05) is 6.07 Å². The van der Waals surface area contributed by atoms with Gasteiger partial charge in [0.15, 0.2) is 0 Å². The summed E-state index contributed by atoms with van der Waals surface area (Å²) in [5.74, 6) is -5.21. The van der Waals surface area contributed by atoms with Gasteiger partial charge in [0, 0.05) is 45.5 Å². The summed E-state index contributed by atoms with van der Waals surface area (Å²) in [7, 11) is 4.03. The van der Waals surface area contributed by atoms with Crippen molar-refractivity contribution in [1.29, 1.82) is 0 Å². The lowest BCUT2D eigenvalue weighted by atomic mass is 9.83. The van der Waals surface area contributed by atoms with E-state index in [0.29, 0.717) is 5.91 Å². The van der Waals surface area contributed by atoms with Gasteiger partial charge >= 0.3 is 24.3 Å². The molecule has 2 N–H and O–H groups in total. The van der Waals surface area contributed by atoms with Crippen molar-refractivity contribution in [1.82, 2.24) is 19.7 Å². The maximum absolute atomic E-state index is 12.7. The number of halogens is 6. The highest BCUT2D eigenvalue weighted by molar-refractivity contribution is 5.87. The molecule has 2 aliphatic heterocycles. The Balaban J connectivity index is 0.000000383. The van der Waals surface area contributed by atoms with E-state index in [1.165, 1.54) is 0 Å². The molecule has 36 heavy (non-hydrogen) atoms. The second-order valence-electron chi connectivity index (χ2n) is 8.33. The first-order valence-corrected chi connectivity index (χ1v) is 10.6. The van der Waals surface area contributed by atoms with Crippen molar-refractivity contribution in [3.8, 4) is 0 Å². The highest BCUT2D eigenvalue weighted by atomic mass is 19.4. The van der Waals surface area contributed by atoms with E-state index in [-0.39, 0.29) is 5.54 Å². The molecule has 0 aromatic carbocycles. The van der Waals surface area contributed by atoms with Crippen LogP contribution in [0.3, 0.4) is 0 Å². The maximum atomic E-state index is 12.7. The Morgan fingerprint density at radius 2 is 1.42 bits per heavy atom. The Labute approximate surface area is 203 Å². The molecule has 3 rings (SSSR count). The van der Waals surface area contributed by atoms with Gasteiger partial charge in [-0.15, -0.1) is 0 Å². The Morgan fingerprint density at radius 3 is 1.83 bits per heavy atom. The summed E-state index contributed by atoms with van der Waals surface area (Å²) in [5, 5.41) is 14.2. The molecule has 1 amide bonds. The number of nitrogens with zero attached hydrogens (tertiary/aromatic N) is 4. The minimum Gasteiger partial charge on any atom is -0.475 e. The minimum atomic E-state index is -5.08. The summed E-state index contributed by atoms with van der Waals surface area (Å²) in [5.41, 5.74) is 1.91. The van der Waals surface area contributed by atoms with Gasteiger partial charge in [-0.2, -0.15) is 26.3 Å². The van der Waals surface area contributed by atoms with E-state index in [1.807, 2.05) is 24.9 Å². The molecule has 2 aliphatic rings. The van der Waals surface area contributed by atoms with Crippen molar-refractivity contribution in [3.05, 3.63) is 29.6 Å². The molecule has 0 saturated carbocycles. The SMILES string of the molecule is Cc1cccc(CN2CCC3(CC2)C(=O)N(C)CCN3C)n1.O=C(O)C(F)(F)F.O=C(O)C(F)(F)F. The van der Waals surface area contributed by atoms with E-state index < -0.39 is 24.3 Å². The number of alkyl halides is 6. The number of rotatable bonds is 2. The van der Waals surface area contributed by atoms with Crippen molar-refractivity contribution < 1.29 is 50.9 Å². The molecule has 0 bridgehead atoms. The Bertz CT molecular complexity index is 893. The normalized spacial score (nSPS) is 18.6. The number of hydrogen-bond acceptors (Lipinski definition) is 6. The van der Waals surface area contributed by atoms with Gasteiger partial charge in [-0.3, -0.25) is 19.6 Å².